The molecular weight excluding hydrogens is 307 g/mol. The lowest BCUT2D eigenvalue weighted by Crippen LogP contribution is -2.24. The lowest BCUT2D eigenvalue weighted by atomic mass is 9.87. The normalized spacial score (nSPS) is 21.0. The predicted molar refractivity (Wildman–Crippen MR) is 86.3 cm³/mol. The molecule has 0 N–H and O–H groups in total. The molecule has 0 radical (unpaired) electrons. The van der Waals surface area contributed by atoms with Gasteiger partial charge < -0.3 is 4.74 Å². The second-order valence-corrected chi connectivity index (χ2v) is 5.64. The second-order valence-electron chi connectivity index (χ2n) is 5.64. The predicted octanol–water partition coefficient (Wildman–Crippen LogP) is 4.21. The number of nitriles is 2. The van der Waals surface area contributed by atoms with Gasteiger partial charge in [0.05, 0.1) is 17.2 Å². The van der Waals surface area contributed by atoms with Crippen molar-refractivity contribution < 1.29 is 13.9 Å². The van der Waals surface area contributed by atoms with E-state index in [2.05, 4.69) is 0 Å². The summed E-state index contributed by atoms with van der Waals surface area (Å²) in [5.41, 5.74) is 0.939. The Hall–Kier alpha value is -2.92. The molecule has 1 fully saturated rings. The maximum Gasteiger partial charge on any atom is 0.338 e. The molecule has 1 aliphatic rings. The van der Waals surface area contributed by atoms with Gasteiger partial charge in [-0.25, -0.2) is 4.79 Å². The van der Waals surface area contributed by atoms with E-state index < -0.39 is 5.83 Å². The molecule has 24 heavy (non-hydrogen) atoms. The zero-order valence-corrected chi connectivity index (χ0v) is 13.1. The third-order valence-electron chi connectivity index (χ3n) is 3.97. The number of hydrogen-bond donors (Lipinski definition) is 0. The fourth-order valence-electron chi connectivity index (χ4n) is 2.63. The van der Waals surface area contributed by atoms with Crippen molar-refractivity contribution in [2.24, 2.45) is 5.92 Å². The smallest absolute Gasteiger partial charge is 0.338 e. The number of rotatable bonds is 4. The summed E-state index contributed by atoms with van der Waals surface area (Å²) in [6.07, 6.45) is 7.68. The standard InChI is InChI=1S/C19H17FN2O2/c20-17(13-22)3-1-2-14-6-10-18(11-7-14)24-19(23)16-8-4-15(12-21)5-9-16/h1-5,8-9,14,18H,6-7,10-11H2/b2-1+,17-3-/t14-,18-. The quantitative estimate of drug-likeness (QED) is 0.472. The minimum absolute atomic E-state index is 0.121. The summed E-state index contributed by atoms with van der Waals surface area (Å²) >= 11 is 0. The van der Waals surface area contributed by atoms with Crippen LogP contribution in [0, 0.1) is 28.6 Å². The summed E-state index contributed by atoms with van der Waals surface area (Å²) in [5, 5.41) is 17.1. The summed E-state index contributed by atoms with van der Waals surface area (Å²) in [6.45, 7) is 0. The number of carbonyl (C=O) groups excluding carboxylic acids is 1. The first-order valence-electron chi connectivity index (χ1n) is 7.77. The maximum atomic E-state index is 12.7. The summed E-state index contributed by atoms with van der Waals surface area (Å²) in [7, 11) is 0. The van der Waals surface area contributed by atoms with Crippen LogP contribution in [0.2, 0.25) is 0 Å². The fourth-order valence-corrected chi connectivity index (χ4v) is 2.63. The number of carbonyl (C=O) groups is 1. The van der Waals surface area contributed by atoms with Crippen molar-refractivity contribution in [3.05, 3.63) is 59.4 Å². The minimum atomic E-state index is -0.809. The SMILES string of the molecule is N#C/C(F)=C/C=C/[C@H]1CC[C@H](OC(=O)c2ccc(C#N)cc2)CC1. The molecule has 0 aromatic heterocycles. The van der Waals surface area contributed by atoms with E-state index in [1.165, 1.54) is 6.07 Å². The van der Waals surface area contributed by atoms with Crippen LogP contribution in [0.15, 0.2) is 48.3 Å². The van der Waals surface area contributed by atoms with E-state index in [-0.39, 0.29) is 12.1 Å². The molecule has 0 unspecified atom stereocenters. The molecule has 4 nitrogen and oxygen atoms in total. The van der Waals surface area contributed by atoms with Gasteiger partial charge in [-0.3, -0.25) is 0 Å². The van der Waals surface area contributed by atoms with Crippen molar-refractivity contribution in [3.8, 4) is 12.1 Å². The third kappa shape index (κ3) is 5.07. The lowest BCUT2D eigenvalue weighted by molar-refractivity contribution is 0.0185. The van der Waals surface area contributed by atoms with E-state index in [9.17, 15) is 9.18 Å². The number of hydrogen-bond acceptors (Lipinski definition) is 4. The highest BCUT2D eigenvalue weighted by atomic mass is 19.1. The molecule has 0 aliphatic heterocycles. The Morgan fingerprint density at radius 1 is 1.17 bits per heavy atom. The molecule has 5 heteroatoms. The van der Waals surface area contributed by atoms with Gasteiger partial charge in [0.25, 0.3) is 0 Å². The van der Waals surface area contributed by atoms with Gasteiger partial charge in [0.2, 0.25) is 0 Å². The van der Waals surface area contributed by atoms with Crippen LogP contribution in [0.4, 0.5) is 4.39 Å². The summed E-state index contributed by atoms with van der Waals surface area (Å²) in [5.74, 6) is -0.883. The van der Waals surface area contributed by atoms with Crippen molar-refractivity contribution in [1.29, 1.82) is 10.5 Å². The number of esters is 1. The van der Waals surface area contributed by atoms with Gasteiger partial charge in [0, 0.05) is 0 Å². The summed E-state index contributed by atoms with van der Waals surface area (Å²) < 4.78 is 18.2. The van der Waals surface area contributed by atoms with E-state index in [1.807, 2.05) is 12.1 Å². The molecule has 0 saturated heterocycles. The van der Waals surface area contributed by atoms with Gasteiger partial charge in [0.15, 0.2) is 5.83 Å². The average Bonchev–Trinajstić information content (AvgIpc) is 2.63. The Morgan fingerprint density at radius 3 is 2.42 bits per heavy atom. The first-order chi connectivity index (χ1) is 11.6. The zero-order valence-electron chi connectivity index (χ0n) is 13.1. The van der Waals surface area contributed by atoms with Gasteiger partial charge in [-0.05, 0) is 61.9 Å². The fraction of sp³-hybridized carbons (Fsp3) is 0.316. The van der Waals surface area contributed by atoms with Crippen LogP contribution in [0.3, 0.4) is 0 Å². The van der Waals surface area contributed by atoms with Gasteiger partial charge >= 0.3 is 5.97 Å². The van der Waals surface area contributed by atoms with Crippen molar-refractivity contribution in [3.63, 3.8) is 0 Å². The Morgan fingerprint density at radius 2 is 1.83 bits per heavy atom. The molecule has 1 aliphatic carbocycles. The van der Waals surface area contributed by atoms with Gasteiger partial charge in [-0.2, -0.15) is 14.9 Å². The summed E-state index contributed by atoms with van der Waals surface area (Å²) in [6, 6.07) is 9.78. The summed E-state index contributed by atoms with van der Waals surface area (Å²) in [4.78, 5) is 12.1. The van der Waals surface area contributed by atoms with Crippen molar-refractivity contribution in [2.45, 2.75) is 31.8 Å². The molecule has 0 bridgehead atoms. The Labute approximate surface area is 140 Å². The zero-order chi connectivity index (χ0) is 17.4. The van der Waals surface area contributed by atoms with Gasteiger partial charge in [-0.15, -0.1) is 0 Å². The number of benzene rings is 1. The van der Waals surface area contributed by atoms with E-state index in [4.69, 9.17) is 15.3 Å². The molecule has 0 spiro atoms. The van der Waals surface area contributed by atoms with Crippen LogP contribution >= 0.6 is 0 Å². The molecule has 122 valence electrons. The topological polar surface area (TPSA) is 73.9 Å². The van der Waals surface area contributed by atoms with Crippen molar-refractivity contribution in [1.82, 2.24) is 0 Å². The minimum Gasteiger partial charge on any atom is -0.459 e. The maximum absolute atomic E-state index is 12.7. The molecule has 1 aromatic carbocycles. The van der Waals surface area contributed by atoms with Gasteiger partial charge in [0.1, 0.15) is 12.2 Å². The van der Waals surface area contributed by atoms with Crippen LogP contribution in [0.5, 0.6) is 0 Å². The molecule has 0 heterocycles. The van der Waals surface area contributed by atoms with E-state index >= 15 is 0 Å². The average molecular weight is 324 g/mol. The number of halogens is 1. The molecule has 2 rings (SSSR count). The molecule has 1 saturated carbocycles. The Bertz CT molecular complexity index is 715. The first kappa shape index (κ1) is 17.4. The monoisotopic (exact) mass is 324 g/mol. The Balaban J connectivity index is 1.81. The number of ether oxygens (including phenoxy) is 1. The highest BCUT2D eigenvalue weighted by Crippen LogP contribution is 2.27. The highest BCUT2D eigenvalue weighted by molar-refractivity contribution is 5.89. The first-order valence-corrected chi connectivity index (χ1v) is 7.77. The van der Waals surface area contributed by atoms with Crippen LogP contribution in [0.1, 0.15) is 41.6 Å². The Kier molecular flexibility index (Phi) is 6.28. The second kappa shape index (κ2) is 8.64. The van der Waals surface area contributed by atoms with E-state index in [0.29, 0.717) is 17.0 Å². The van der Waals surface area contributed by atoms with Crippen LogP contribution in [-0.4, -0.2) is 12.1 Å². The largest absolute Gasteiger partial charge is 0.459 e. The van der Waals surface area contributed by atoms with Crippen LogP contribution in [0.25, 0.3) is 0 Å². The number of allylic oxidation sites excluding steroid dienone is 4. The van der Waals surface area contributed by atoms with Crippen molar-refractivity contribution >= 4 is 5.97 Å². The lowest BCUT2D eigenvalue weighted by Gasteiger charge is -2.26. The van der Waals surface area contributed by atoms with Crippen LogP contribution < -0.4 is 0 Å². The molecule has 1 aromatic rings. The molecule has 0 amide bonds. The van der Waals surface area contributed by atoms with E-state index in [0.717, 1.165) is 31.8 Å². The highest BCUT2D eigenvalue weighted by Gasteiger charge is 2.23. The van der Waals surface area contributed by atoms with Gasteiger partial charge in [-0.1, -0.05) is 12.2 Å². The van der Waals surface area contributed by atoms with Crippen LogP contribution in [-0.2, 0) is 4.74 Å². The van der Waals surface area contributed by atoms with E-state index in [1.54, 1.807) is 30.3 Å². The van der Waals surface area contributed by atoms with Crippen molar-refractivity contribution in [2.75, 3.05) is 0 Å². The molecule has 0 atom stereocenters. The number of nitrogens with zero attached hydrogens (tertiary/aromatic N) is 2. The third-order valence-corrected chi connectivity index (χ3v) is 3.97. The molecular formula is C19H17FN2O2.